The zero-order chi connectivity index (χ0) is 17.5. The van der Waals surface area contributed by atoms with Gasteiger partial charge in [0.25, 0.3) is 5.91 Å². The molecule has 2 amide bonds. The minimum Gasteiger partial charge on any atom is -0.352 e. The van der Waals surface area contributed by atoms with E-state index in [0.717, 1.165) is 12.1 Å². The Labute approximate surface area is 142 Å². The molecule has 0 saturated heterocycles. The fourth-order valence-electron chi connectivity index (χ4n) is 1.98. The van der Waals surface area contributed by atoms with Crippen LogP contribution < -0.4 is 10.6 Å². The first-order valence-corrected chi connectivity index (χ1v) is 7.62. The molecule has 0 fully saturated rings. The minimum absolute atomic E-state index is 0.189. The Morgan fingerprint density at radius 1 is 1.04 bits per heavy atom. The lowest BCUT2D eigenvalue weighted by Crippen LogP contribution is -2.26. The molecule has 2 rings (SSSR count). The summed E-state index contributed by atoms with van der Waals surface area (Å²) in [4.78, 5) is 23.5. The Kier molecular flexibility index (Phi) is 6.26. The van der Waals surface area contributed by atoms with Crippen LogP contribution in [0, 0.1) is 11.6 Å². The molecule has 0 aliphatic heterocycles. The molecule has 2 aromatic carbocycles. The number of carbonyl (C=O) groups is 2. The van der Waals surface area contributed by atoms with Gasteiger partial charge in [-0.05, 0) is 42.8 Å². The number of carbonyl (C=O) groups excluding carboxylic acids is 2. The van der Waals surface area contributed by atoms with Crippen LogP contribution in [0.1, 0.15) is 23.2 Å². The number of amides is 2. The number of hydrogen-bond donors (Lipinski definition) is 2. The fraction of sp³-hybridized carbons (Fsp3) is 0.176. The Balaban J connectivity index is 1.73. The van der Waals surface area contributed by atoms with Crippen molar-refractivity contribution >= 4 is 29.1 Å². The highest BCUT2D eigenvalue weighted by Gasteiger charge is 2.12. The highest BCUT2D eigenvalue weighted by molar-refractivity contribution is 6.30. The van der Waals surface area contributed by atoms with Crippen molar-refractivity contribution in [2.24, 2.45) is 0 Å². The van der Waals surface area contributed by atoms with Gasteiger partial charge < -0.3 is 10.6 Å². The van der Waals surface area contributed by atoms with Crippen LogP contribution in [0.25, 0.3) is 0 Å². The second-order valence-corrected chi connectivity index (χ2v) is 5.48. The van der Waals surface area contributed by atoms with E-state index in [0.29, 0.717) is 23.2 Å². The molecule has 2 aromatic rings. The third-order valence-corrected chi connectivity index (χ3v) is 3.42. The first-order chi connectivity index (χ1) is 11.5. The summed E-state index contributed by atoms with van der Waals surface area (Å²) < 4.78 is 26.2. The Morgan fingerprint density at radius 2 is 1.75 bits per heavy atom. The Bertz CT molecular complexity index is 736. The normalized spacial score (nSPS) is 10.3. The van der Waals surface area contributed by atoms with Gasteiger partial charge in [0.15, 0.2) is 0 Å². The van der Waals surface area contributed by atoms with Crippen molar-refractivity contribution in [3.05, 3.63) is 64.7 Å². The maximum absolute atomic E-state index is 13.4. The molecule has 0 bridgehead atoms. The molecule has 2 N–H and O–H groups in total. The molecular formula is C17H15ClF2N2O2. The molecule has 0 radical (unpaired) electrons. The third-order valence-electron chi connectivity index (χ3n) is 3.17. The highest BCUT2D eigenvalue weighted by Crippen LogP contribution is 2.13. The van der Waals surface area contributed by atoms with E-state index in [2.05, 4.69) is 10.6 Å². The van der Waals surface area contributed by atoms with Crippen LogP contribution in [0.4, 0.5) is 14.5 Å². The maximum Gasteiger partial charge on any atom is 0.254 e. The van der Waals surface area contributed by atoms with Crippen molar-refractivity contribution in [3.8, 4) is 0 Å². The molecule has 0 aliphatic carbocycles. The lowest BCUT2D eigenvalue weighted by atomic mass is 10.2. The van der Waals surface area contributed by atoms with E-state index in [9.17, 15) is 18.4 Å². The lowest BCUT2D eigenvalue weighted by Gasteiger charge is -2.07. The molecule has 4 nitrogen and oxygen atoms in total. The van der Waals surface area contributed by atoms with Crippen molar-refractivity contribution in [1.29, 1.82) is 0 Å². The predicted octanol–water partition coefficient (Wildman–Crippen LogP) is 3.77. The van der Waals surface area contributed by atoms with E-state index in [1.54, 1.807) is 24.3 Å². The minimum atomic E-state index is -0.923. The Hall–Kier alpha value is -2.47. The summed E-state index contributed by atoms with van der Waals surface area (Å²) >= 11 is 5.75. The number of rotatable bonds is 6. The van der Waals surface area contributed by atoms with Crippen molar-refractivity contribution in [3.63, 3.8) is 0 Å². The monoisotopic (exact) mass is 352 g/mol. The zero-order valence-corrected chi connectivity index (χ0v) is 13.4. The topological polar surface area (TPSA) is 58.2 Å². The van der Waals surface area contributed by atoms with Crippen LogP contribution in [-0.2, 0) is 4.79 Å². The summed E-state index contributed by atoms with van der Waals surface area (Å²) in [5.74, 6) is -2.53. The number of anilines is 1. The average Bonchev–Trinajstić information content (AvgIpc) is 2.53. The molecular weight excluding hydrogens is 338 g/mol. The van der Waals surface area contributed by atoms with Crippen molar-refractivity contribution < 1.29 is 18.4 Å². The summed E-state index contributed by atoms with van der Waals surface area (Å²) in [7, 11) is 0. The van der Waals surface area contributed by atoms with E-state index in [-0.39, 0.29) is 24.4 Å². The van der Waals surface area contributed by atoms with E-state index in [1.165, 1.54) is 0 Å². The van der Waals surface area contributed by atoms with Crippen LogP contribution >= 0.6 is 11.6 Å². The van der Waals surface area contributed by atoms with E-state index in [1.807, 2.05) is 0 Å². The molecule has 0 atom stereocenters. The third kappa shape index (κ3) is 5.31. The summed E-state index contributed by atoms with van der Waals surface area (Å²) in [5, 5.41) is 5.75. The largest absolute Gasteiger partial charge is 0.352 e. The fourth-order valence-corrected chi connectivity index (χ4v) is 2.10. The zero-order valence-electron chi connectivity index (χ0n) is 12.6. The highest BCUT2D eigenvalue weighted by atomic mass is 35.5. The number of hydrogen-bond acceptors (Lipinski definition) is 2. The summed E-state index contributed by atoms with van der Waals surface area (Å²) in [6.07, 6.45) is 0.572. The van der Waals surface area contributed by atoms with E-state index in [4.69, 9.17) is 11.6 Å². The first kappa shape index (κ1) is 17.9. The van der Waals surface area contributed by atoms with Crippen molar-refractivity contribution in [2.75, 3.05) is 11.9 Å². The molecule has 0 spiro atoms. The SMILES string of the molecule is O=C(CCCNC(=O)c1ccc(F)cc1F)Nc1ccc(Cl)cc1. The second-order valence-electron chi connectivity index (χ2n) is 5.04. The Morgan fingerprint density at radius 3 is 2.42 bits per heavy atom. The molecule has 0 aromatic heterocycles. The molecule has 7 heteroatoms. The van der Waals surface area contributed by atoms with Gasteiger partial charge in [-0.3, -0.25) is 9.59 Å². The van der Waals surface area contributed by atoms with Gasteiger partial charge in [-0.1, -0.05) is 11.6 Å². The average molecular weight is 353 g/mol. The van der Waals surface area contributed by atoms with Gasteiger partial charge in [0.05, 0.1) is 5.56 Å². The standard InChI is InChI=1S/C17H15ClF2N2O2/c18-11-3-6-13(7-4-11)22-16(23)2-1-9-21-17(24)14-8-5-12(19)10-15(14)20/h3-8,10H,1-2,9H2,(H,21,24)(H,22,23). The summed E-state index contributed by atoms with van der Waals surface area (Å²) in [5.41, 5.74) is 0.392. The maximum atomic E-state index is 13.4. The quantitative estimate of drug-likeness (QED) is 0.777. The number of benzene rings is 2. The van der Waals surface area contributed by atoms with Gasteiger partial charge in [-0.2, -0.15) is 0 Å². The van der Waals surface area contributed by atoms with Gasteiger partial charge in [0.2, 0.25) is 5.91 Å². The van der Waals surface area contributed by atoms with Crippen LogP contribution in [0.3, 0.4) is 0 Å². The van der Waals surface area contributed by atoms with E-state index < -0.39 is 17.5 Å². The van der Waals surface area contributed by atoms with Crippen LogP contribution in [0.5, 0.6) is 0 Å². The smallest absolute Gasteiger partial charge is 0.254 e. The van der Waals surface area contributed by atoms with E-state index >= 15 is 0 Å². The van der Waals surface area contributed by atoms with Crippen LogP contribution in [0.15, 0.2) is 42.5 Å². The molecule has 0 aliphatic rings. The number of nitrogens with one attached hydrogen (secondary N) is 2. The van der Waals surface area contributed by atoms with Gasteiger partial charge in [0.1, 0.15) is 11.6 Å². The second kappa shape index (κ2) is 8.40. The van der Waals surface area contributed by atoms with Crippen LogP contribution in [0.2, 0.25) is 5.02 Å². The number of halogens is 3. The van der Waals surface area contributed by atoms with Crippen molar-refractivity contribution in [2.45, 2.75) is 12.8 Å². The molecule has 126 valence electrons. The molecule has 0 unspecified atom stereocenters. The van der Waals surface area contributed by atoms with Gasteiger partial charge in [-0.25, -0.2) is 8.78 Å². The summed E-state index contributed by atoms with van der Waals surface area (Å²) in [6, 6.07) is 9.42. The van der Waals surface area contributed by atoms with Gasteiger partial charge in [0, 0.05) is 29.7 Å². The molecule has 0 saturated carbocycles. The van der Waals surface area contributed by atoms with Crippen LogP contribution in [-0.4, -0.2) is 18.4 Å². The lowest BCUT2D eigenvalue weighted by molar-refractivity contribution is -0.116. The van der Waals surface area contributed by atoms with Crippen molar-refractivity contribution in [1.82, 2.24) is 5.32 Å². The summed E-state index contributed by atoms with van der Waals surface area (Å²) in [6.45, 7) is 0.198. The molecule has 0 heterocycles. The first-order valence-electron chi connectivity index (χ1n) is 7.24. The predicted molar refractivity (Wildman–Crippen MR) is 88.0 cm³/mol. The van der Waals surface area contributed by atoms with Gasteiger partial charge >= 0.3 is 0 Å². The molecule has 24 heavy (non-hydrogen) atoms. The van der Waals surface area contributed by atoms with Gasteiger partial charge in [-0.15, -0.1) is 0 Å².